The van der Waals surface area contributed by atoms with Crippen LogP contribution in [-0.2, 0) is 6.54 Å². The molecule has 114 valence electrons. The zero-order valence-electron chi connectivity index (χ0n) is 12.2. The summed E-state index contributed by atoms with van der Waals surface area (Å²) < 4.78 is 14.8. The third-order valence-electron chi connectivity index (χ3n) is 3.16. The van der Waals surface area contributed by atoms with E-state index in [4.69, 9.17) is 5.73 Å². The van der Waals surface area contributed by atoms with Gasteiger partial charge in [0.1, 0.15) is 22.2 Å². The van der Waals surface area contributed by atoms with Crippen molar-refractivity contribution in [3.8, 4) is 16.4 Å². The van der Waals surface area contributed by atoms with E-state index in [0.717, 1.165) is 10.6 Å². The minimum absolute atomic E-state index is 0.239. The second-order valence-corrected chi connectivity index (χ2v) is 6.07. The molecule has 0 bridgehead atoms. The maximum Gasteiger partial charge on any atom is 0.234 e. The van der Waals surface area contributed by atoms with Crippen molar-refractivity contribution in [3.63, 3.8) is 0 Å². The van der Waals surface area contributed by atoms with Crippen LogP contribution >= 0.6 is 11.3 Å². The second kappa shape index (κ2) is 5.90. The maximum absolute atomic E-state index is 13.1. The van der Waals surface area contributed by atoms with E-state index in [1.54, 1.807) is 16.8 Å². The van der Waals surface area contributed by atoms with Gasteiger partial charge in [0.2, 0.25) is 5.13 Å². The van der Waals surface area contributed by atoms with Crippen molar-refractivity contribution in [2.45, 2.75) is 26.3 Å². The average Bonchev–Trinajstić information content (AvgIpc) is 3.14. The van der Waals surface area contributed by atoms with E-state index in [1.807, 2.05) is 0 Å². The summed E-state index contributed by atoms with van der Waals surface area (Å²) in [6, 6.07) is 6.14. The van der Waals surface area contributed by atoms with Gasteiger partial charge in [0.25, 0.3) is 0 Å². The summed E-state index contributed by atoms with van der Waals surface area (Å²) in [5.74, 6) is -0.00639. The van der Waals surface area contributed by atoms with Gasteiger partial charge in [-0.2, -0.15) is 4.68 Å². The molecule has 22 heavy (non-hydrogen) atoms. The van der Waals surface area contributed by atoms with Crippen LogP contribution in [0.25, 0.3) is 16.4 Å². The molecular formula is C14H15FN6S. The van der Waals surface area contributed by atoms with Crippen LogP contribution < -0.4 is 5.73 Å². The van der Waals surface area contributed by atoms with Crippen LogP contribution in [0.1, 0.15) is 30.5 Å². The van der Waals surface area contributed by atoms with Crippen molar-refractivity contribution in [2.24, 2.45) is 5.73 Å². The molecule has 2 N–H and O–H groups in total. The zero-order chi connectivity index (χ0) is 15.7. The average molecular weight is 318 g/mol. The molecule has 0 saturated heterocycles. The van der Waals surface area contributed by atoms with E-state index in [9.17, 15) is 4.39 Å². The maximum atomic E-state index is 13.1. The SMILES string of the molecule is CC(C)c1nnc(-n2nnc(CN)c2-c2ccc(F)cc2)s1. The normalized spacial score (nSPS) is 11.3. The number of hydrogen-bond donors (Lipinski definition) is 1. The Morgan fingerprint density at radius 3 is 2.50 bits per heavy atom. The minimum Gasteiger partial charge on any atom is -0.325 e. The van der Waals surface area contributed by atoms with Gasteiger partial charge in [-0.05, 0) is 24.3 Å². The Morgan fingerprint density at radius 2 is 1.91 bits per heavy atom. The van der Waals surface area contributed by atoms with Crippen LogP contribution in [-0.4, -0.2) is 25.2 Å². The van der Waals surface area contributed by atoms with E-state index >= 15 is 0 Å². The third kappa shape index (κ3) is 2.62. The van der Waals surface area contributed by atoms with Gasteiger partial charge in [-0.3, -0.25) is 0 Å². The molecule has 2 heterocycles. The van der Waals surface area contributed by atoms with Crippen molar-refractivity contribution in [1.82, 2.24) is 25.2 Å². The predicted molar refractivity (Wildman–Crippen MR) is 82.2 cm³/mol. The van der Waals surface area contributed by atoms with Gasteiger partial charge < -0.3 is 5.73 Å². The zero-order valence-corrected chi connectivity index (χ0v) is 13.0. The number of halogens is 1. The Morgan fingerprint density at radius 1 is 1.18 bits per heavy atom. The van der Waals surface area contributed by atoms with Crippen LogP contribution in [0.3, 0.4) is 0 Å². The molecule has 8 heteroatoms. The molecule has 3 rings (SSSR count). The highest BCUT2D eigenvalue weighted by molar-refractivity contribution is 7.13. The lowest BCUT2D eigenvalue weighted by Gasteiger charge is -2.04. The fourth-order valence-corrected chi connectivity index (χ4v) is 2.83. The first-order valence-electron chi connectivity index (χ1n) is 6.84. The van der Waals surface area contributed by atoms with Gasteiger partial charge in [0, 0.05) is 18.0 Å². The number of hydrogen-bond acceptors (Lipinski definition) is 6. The lowest BCUT2D eigenvalue weighted by Crippen LogP contribution is -2.02. The lowest BCUT2D eigenvalue weighted by molar-refractivity contribution is 0.628. The Bertz CT molecular complexity index is 777. The molecule has 0 saturated carbocycles. The fourth-order valence-electron chi connectivity index (χ4n) is 2.03. The summed E-state index contributed by atoms with van der Waals surface area (Å²) in [5, 5.41) is 18.1. The van der Waals surface area contributed by atoms with E-state index in [1.165, 1.54) is 23.5 Å². The summed E-state index contributed by atoms with van der Waals surface area (Å²) >= 11 is 1.45. The Kier molecular flexibility index (Phi) is 3.95. The van der Waals surface area contributed by atoms with Gasteiger partial charge in [-0.1, -0.05) is 30.4 Å². The van der Waals surface area contributed by atoms with Crippen LogP contribution in [0.2, 0.25) is 0 Å². The summed E-state index contributed by atoms with van der Waals surface area (Å²) in [6.45, 7) is 4.35. The number of benzene rings is 1. The number of aromatic nitrogens is 5. The van der Waals surface area contributed by atoms with Gasteiger partial charge >= 0.3 is 0 Å². The van der Waals surface area contributed by atoms with Crippen molar-refractivity contribution in [1.29, 1.82) is 0 Å². The molecule has 0 spiro atoms. The quantitative estimate of drug-likeness (QED) is 0.799. The molecule has 2 aromatic heterocycles. The molecule has 0 amide bonds. The third-order valence-corrected chi connectivity index (χ3v) is 4.36. The molecule has 0 aliphatic heterocycles. The smallest absolute Gasteiger partial charge is 0.234 e. The first-order chi connectivity index (χ1) is 10.6. The highest BCUT2D eigenvalue weighted by atomic mass is 32.1. The van der Waals surface area contributed by atoms with Gasteiger partial charge in [0.15, 0.2) is 0 Å². The molecule has 0 fully saturated rings. The van der Waals surface area contributed by atoms with Crippen molar-refractivity contribution in [3.05, 3.63) is 40.8 Å². The van der Waals surface area contributed by atoms with Gasteiger partial charge in [-0.15, -0.1) is 15.3 Å². The van der Waals surface area contributed by atoms with E-state index in [2.05, 4.69) is 34.4 Å². The molecule has 0 unspecified atom stereocenters. The number of nitrogens with zero attached hydrogens (tertiary/aromatic N) is 5. The monoisotopic (exact) mass is 318 g/mol. The molecule has 0 aliphatic carbocycles. The molecule has 6 nitrogen and oxygen atoms in total. The molecule has 0 aliphatic rings. The lowest BCUT2D eigenvalue weighted by atomic mass is 10.1. The van der Waals surface area contributed by atoms with Crippen LogP contribution in [0.15, 0.2) is 24.3 Å². The largest absolute Gasteiger partial charge is 0.325 e. The first kappa shape index (κ1) is 14.7. The van der Waals surface area contributed by atoms with Crippen molar-refractivity contribution < 1.29 is 4.39 Å². The molecule has 3 aromatic rings. The van der Waals surface area contributed by atoms with Crippen molar-refractivity contribution in [2.75, 3.05) is 0 Å². The molecule has 1 aromatic carbocycles. The molecule has 0 radical (unpaired) electrons. The van der Waals surface area contributed by atoms with E-state index in [-0.39, 0.29) is 18.3 Å². The van der Waals surface area contributed by atoms with Gasteiger partial charge in [-0.25, -0.2) is 4.39 Å². The molecular weight excluding hydrogens is 303 g/mol. The summed E-state index contributed by atoms with van der Waals surface area (Å²) in [6.07, 6.45) is 0. The summed E-state index contributed by atoms with van der Waals surface area (Å²) in [5.41, 5.74) is 7.87. The van der Waals surface area contributed by atoms with Crippen LogP contribution in [0.4, 0.5) is 4.39 Å². The first-order valence-corrected chi connectivity index (χ1v) is 7.66. The predicted octanol–water partition coefficient (Wildman–Crippen LogP) is 2.51. The fraction of sp³-hybridized carbons (Fsp3) is 0.286. The Hall–Kier alpha value is -2.19. The topological polar surface area (TPSA) is 82.5 Å². The van der Waals surface area contributed by atoms with Crippen molar-refractivity contribution >= 4 is 11.3 Å². The van der Waals surface area contributed by atoms with Gasteiger partial charge in [0.05, 0.1) is 0 Å². The standard InChI is InChI=1S/C14H15FN6S/c1-8(2)13-18-19-14(22-13)21-12(11(7-16)17-20-21)9-3-5-10(15)6-4-9/h3-6,8H,7,16H2,1-2H3. The highest BCUT2D eigenvalue weighted by Gasteiger charge is 2.19. The van der Waals surface area contributed by atoms with Crippen LogP contribution in [0.5, 0.6) is 0 Å². The minimum atomic E-state index is -0.296. The van der Waals surface area contributed by atoms with E-state index in [0.29, 0.717) is 16.5 Å². The molecule has 0 atom stereocenters. The highest BCUT2D eigenvalue weighted by Crippen LogP contribution is 2.28. The van der Waals surface area contributed by atoms with E-state index < -0.39 is 0 Å². The number of nitrogens with two attached hydrogens (primary N) is 1. The second-order valence-electron chi connectivity index (χ2n) is 5.09. The Labute approximate surface area is 130 Å². The number of rotatable bonds is 4. The summed E-state index contributed by atoms with van der Waals surface area (Å²) in [4.78, 5) is 0. The summed E-state index contributed by atoms with van der Waals surface area (Å²) in [7, 11) is 0. The Balaban J connectivity index is 2.12. The van der Waals surface area contributed by atoms with Crippen LogP contribution in [0, 0.1) is 5.82 Å².